The number of aliphatic hydroxyl groups is 1. The number of rotatable bonds is 5. The van der Waals surface area contributed by atoms with Crippen LogP contribution in [-0.2, 0) is 14.2 Å². The first kappa shape index (κ1) is 20.0. The molecular weight excluding hydrogens is 366 g/mol. The van der Waals surface area contributed by atoms with Crippen LogP contribution >= 0.6 is 0 Å². The average molecular weight is 387 g/mol. The molecule has 1 aliphatic heterocycles. The molecule has 1 fully saturated rings. The monoisotopic (exact) mass is 387 g/mol. The third-order valence-electron chi connectivity index (χ3n) is 4.47. The third-order valence-corrected chi connectivity index (χ3v) is 4.47. The molecule has 8 nitrogen and oxygen atoms in total. The fourth-order valence-electron chi connectivity index (χ4n) is 2.99. The highest BCUT2D eigenvalue weighted by Gasteiger charge is 2.48. The van der Waals surface area contributed by atoms with Crippen LogP contribution in [-0.4, -0.2) is 52.9 Å². The van der Waals surface area contributed by atoms with E-state index in [-0.39, 0.29) is 11.1 Å². The van der Waals surface area contributed by atoms with Gasteiger partial charge < -0.3 is 24.5 Å². The summed E-state index contributed by atoms with van der Waals surface area (Å²) in [5.74, 6) is -1.41. The quantitative estimate of drug-likeness (QED) is 0.523. The van der Waals surface area contributed by atoms with Gasteiger partial charge in [-0.25, -0.2) is 9.59 Å². The molecule has 0 amide bonds. The van der Waals surface area contributed by atoms with Crippen LogP contribution < -0.4 is 5.48 Å². The summed E-state index contributed by atoms with van der Waals surface area (Å²) in [6, 6.07) is 15.5. The van der Waals surface area contributed by atoms with Crippen LogP contribution in [0.15, 0.2) is 60.7 Å². The number of esters is 2. The number of nitrogens with one attached hydrogen (secondary N) is 1. The van der Waals surface area contributed by atoms with Crippen molar-refractivity contribution in [2.45, 2.75) is 37.6 Å². The van der Waals surface area contributed by atoms with Gasteiger partial charge in [-0.15, -0.1) is 0 Å². The number of aliphatic hydroxyl groups excluding tert-OH is 1. The fourth-order valence-corrected chi connectivity index (χ4v) is 2.99. The van der Waals surface area contributed by atoms with Crippen molar-refractivity contribution >= 4 is 11.9 Å². The van der Waals surface area contributed by atoms with Crippen molar-refractivity contribution in [2.24, 2.45) is 0 Å². The topological polar surface area (TPSA) is 114 Å². The molecule has 0 spiro atoms. The lowest BCUT2D eigenvalue weighted by Crippen LogP contribution is -2.63. The molecule has 1 saturated heterocycles. The molecule has 1 aliphatic rings. The lowest BCUT2D eigenvalue weighted by molar-refractivity contribution is -0.260. The molecule has 2 aromatic carbocycles. The van der Waals surface area contributed by atoms with E-state index in [0.717, 1.165) is 0 Å². The van der Waals surface area contributed by atoms with E-state index in [9.17, 15) is 19.9 Å². The number of carbonyl (C=O) groups is 2. The van der Waals surface area contributed by atoms with Gasteiger partial charge in [0, 0.05) is 0 Å². The van der Waals surface area contributed by atoms with Crippen LogP contribution in [0.3, 0.4) is 0 Å². The van der Waals surface area contributed by atoms with E-state index in [2.05, 4.69) is 0 Å². The lowest BCUT2D eigenvalue weighted by Gasteiger charge is -2.42. The largest absolute Gasteiger partial charge is 0.453 e. The highest BCUT2D eigenvalue weighted by molar-refractivity contribution is 5.90. The first-order chi connectivity index (χ1) is 13.5. The van der Waals surface area contributed by atoms with Crippen molar-refractivity contribution in [3.8, 4) is 0 Å². The third kappa shape index (κ3) is 4.37. The molecular formula is C20H21NO7. The highest BCUT2D eigenvalue weighted by Crippen LogP contribution is 2.26. The second kappa shape index (κ2) is 8.94. The zero-order valence-corrected chi connectivity index (χ0v) is 15.1. The van der Waals surface area contributed by atoms with Gasteiger partial charge in [0.15, 0.2) is 18.5 Å². The molecule has 0 bridgehead atoms. The smallest absolute Gasteiger partial charge is 0.338 e. The molecule has 0 unspecified atom stereocenters. The molecule has 0 saturated carbocycles. The average Bonchev–Trinajstić information content (AvgIpc) is 2.72. The van der Waals surface area contributed by atoms with Gasteiger partial charge in [0.05, 0.1) is 23.3 Å². The Bertz CT molecular complexity index is 799. The minimum Gasteiger partial charge on any atom is -0.453 e. The molecule has 0 aliphatic carbocycles. The van der Waals surface area contributed by atoms with Crippen LogP contribution in [0.25, 0.3) is 0 Å². The second-order valence-corrected chi connectivity index (χ2v) is 6.36. The molecule has 0 radical (unpaired) electrons. The van der Waals surface area contributed by atoms with Crippen molar-refractivity contribution in [2.75, 3.05) is 0 Å². The normalized spacial score (nSPS) is 27.0. The molecule has 8 heteroatoms. The summed E-state index contributed by atoms with van der Waals surface area (Å²) in [5.41, 5.74) is 2.56. The van der Waals surface area contributed by atoms with Gasteiger partial charge in [-0.05, 0) is 31.2 Å². The van der Waals surface area contributed by atoms with E-state index in [1.165, 1.54) is 0 Å². The Hall–Kier alpha value is -2.78. The number of carbonyl (C=O) groups excluding carboxylic acids is 2. The van der Waals surface area contributed by atoms with E-state index in [0.29, 0.717) is 0 Å². The van der Waals surface area contributed by atoms with Crippen molar-refractivity contribution in [3.05, 3.63) is 71.8 Å². The minimum absolute atomic E-state index is 0.259. The summed E-state index contributed by atoms with van der Waals surface area (Å²) in [5, 5.41) is 19.8. The van der Waals surface area contributed by atoms with Gasteiger partial charge in [-0.3, -0.25) is 0 Å². The Kier molecular flexibility index (Phi) is 6.37. The Morgan fingerprint density at radius 3 is 1.82 bits per heavy atom. The number of benzene rings is 2. The number of hydroxylamine groups is 1. The van der Waals surface area contributed by atoms with Gasteiger partial charge in [-0.1, -0.05) is 36.4 Å². The van der Waals surface area contributed by atoms with Crippen LogP contribution in [0.4, 0.5) is 0 Å². The zero-order valence-electron chi connectivity index (χ0n) is 15.1. The first-order valence-electron chi connectivity index (χ1n) is 8.76. The van der Waals surface area contributed by atoms with E-state index < -0.39 is 42.6 Å². The number of hydrogen-bond acceptors (Lipinski definition) is 8. The van der Waals surface area contributed by atoms with Crippen LogP contribution in [0.1, 0.15) is 27.6 Å². The molecule has 3 rings (SSSR count). The predicted octanol–water partition coefficient (Wildman–Crippen LogP) is 1.52. The molecule has 3 N–H and O–H groups in total. The molecule has 1 heterocycles. The SMILES string of the molecule is C[C@H]1O[C@@H](O)[C@H](OC(=O)c2ccccc2)[C@@H](OC(=O)c2ccccc2)[C@@H]1NO. The Balaban J connectivity index is 1.83. The van der Waals surface area contributed by atoms with Crippen molar-refractivity contribution in [3.63, 3.8) is 0 Å². The maximum absolute atomic E-state index is 12.5. The Morgan fingerprint density at radius 2 is 1.36 bits per heavy atom. The minimum atomic E-state index is -1.54. The summed E-state index contributed by atoms with van der Waals surface area (Å²) < 4.78 is 16.2. The Morgan fingerprint density at radius 1 is 0.893 bits per heavy atom. The molecule has 5 atom stereocenters. The molecule has 28 heavy (non-hydrogen) atoms. The van der Waals surface area contributed by atoms with Gasteiger partial charge in [0.2, 0.25) is 0 Å². The second-order valence-electron chi connectivity index (χ2n) is 6.36. The highest BCUT2D eigenvalue weighted by atomic mass is 16.7. The predicted molar refractivity (Wildman–Crippen MR) is 96.6 cm³/mol. The summed E-state index contributed by atoms with van der Waals surface area (Å²) in [7, 11) is 0. The van der Waals surface area contributed by atoms with Crippen LogP contribution in [0.5, 0.6) is 0 Å². The van der Waals surface area contributed by atoms with Gasteiger partial charge >= 0.3 is 11.9 Å². The lowest BCUT2D eigenvalue weighted by atomic mass is 9.97. The van der Waals surface area contributed by atoms with Crippen LogP contribution in [0.2, 0.25) is 0 Å². The standard InChI is InChI=1S/C20H21NO7/c1-12-15(21-25)16(27-18(22)13-8-4-2-5-9-13)17(20(24)26-12)28-19(23)14-10-6-3-7-11-14/h2-12,15-17,20-21,24-25H,1H3/t12-,15-,16+,17-,20-/m1/s1. The first-order valence-corrected chi connectivity index (χ1v) is 8.76. The number of hydrogen-bond donors (Lipinski definition) is 3. The zero-order chi connectivity index (χ0) is 20.1. The summed E-state index contributed by atoms with van der Waals surface area (Å²) in [4.78, 5) is 24.9. The summed E-state index contributed by atoms with van der Waals surface area (Å²) >= 11 is 0. The van der Waals surface area contributed by atoms with E-state index in [4.69, 9.17) is 14.2 Å². The van der Waals surface area contributed by atoms with Crippen molar-refractivity contribution < 1.29 is 34.1 Å². The van der Waals surface area contributed by atoms with E-state index in [1.54, 1.807) is 67.6 Å². The molecule has 148 valence electrons. The molecule has 0 aromatic heterocycles. The van der Waals surface area contributed by atoms with Crippen molar-refractivity contribution in [1.29, 1.82) is 0 Å². The van der Waals surface area contributed by atoms with E-state index >= 15 is 0 Å². The maximum atomic E-state index is 12.5. The fraction of sp³-hybridized carbons (Fsp3) is 0.300. The van der Waals surface area contributed by atoms with Crippen LogP contribution in [0, 0.1) is 0 Å². The molecule has 2 aromatic rings. The Labute approximate surface area is 161 Å². The summed E-state index contributed by atoms with van der Waals surface area (Å²) in [6.45, 7) is 1.58. The maximum Gasteiger partial charge on any atom is 0.338 e. The van der Waals surface area contributed by atoms with E-state index in [1.807, 2.05) is 5.48 Å². The van der Waals surface area contributed by atoms with Gasteiger partial charge in [0.1, 0.15) is 0 Å². The van der Waals surface area contributed by atoms with Gasteiger partial charge in [0.25, 0.3) is 0 Å². The number of ether oxygens (including phenoxy) is 3. The van der Waals surface area contributed by atoms with Gasteiger partial charge in [-0.2, -0.15) is 5.48 Å². The summed E-state index contributed by atoms with van der Waals surface area (Å²) in [6.07, 6.45) is -4.80. The van der Waals surface area contributed by atoms with Crippen molar-refractivity contribution in [1.82, 2.24) is 5.48 Å².